The molecule has 5 rings (SSSR count). The highest BCUT2D eigenvalue weighted by Crippen LogP contribution is 2.35. The zero-order chi connectivity index (χ0) is 21.6. The minimum absolute atomic E-state index is 0.128. The molecule has 4 N–H and O–H groups in total. The van der Waals surface area contributed by atoms with E-state index in [2.05, 4.69) is 37.6 Å². The molecule has 1 atom stereocenters. The predicted molar refractivity (Wildman–Crippen MR) is 107 cm³/mol. The van der Waals surface area contributed by atoms with Gasteiger partial charge in [-0.1, -0.05) is 0 Å². The predicted octanol–water partition coefficient (Wildman–Crippen LogP) is 1.80. The van der Waals surface area contributed by atoms with Crippen LogP contribution in [0.15, 0.2) is 52.0 Å². The molecule has 1 aromatic carbocycles. The van der Waals surface area contributed by atoms with Crippen molar-refractivity contribution in [2.24, 2.45) is 10.1 Å². The number of fused-ring (bicyclic) bond motifs is 1. The molecule has 0 amide bonds. The van der Waals surface area contributed by atoms with Crippen LogP contribution >= 0.6 is 0 Å². The molecule has 0 radical (unpaired) electrons. The SMILES string of the molecule is N#CC1=CNC2C(NC3CC3)=CC(=Nc3cc(N4C=NNC4)cc(C(F)(F)F)c3)NN12. The average Bonchev–Trinajstić information content (AvgIpc) is 3.22. The van der Waals surface area contributed by atoms with Gasteiger partial charge in [-0.25, -0.2) is 10.0 Å². The van der Waals surface area contributed by atoms with Crippen molar-refractivity contribution >= 4 is 23.5 Å². The number of halogens is 3. The number of hydrazine groups is 1. The van der Waals surface area contributed by atoms with Gasteiger partial charge in [0, 0.05) is 24.0 Å². The summed E-state index contributed by atoms with van der Waals surface area (Å²) in [6, 6.07) is 6.05. The van der Waals surface area contributed by atoms with Crippen molar-refractivity contribution in [1.82, 2.24) is 26.5 Å². The number of nitriles is 1. The fourth-order valence-electron chi connectivity index (χ4n) is 3.46. The number of aliphatic imine (C=N–C) groups is 1. The van der Waals surface area contributed by atoms with Gasteiger partial charge in [-0.2, -0.15) is 23.5 Å². The molecule has 12 heteroatoms. The van der Waals surface area contributed by atoms with Crippen molar-refractivity contribution in [3.05, 3.63) is 47.4 Å². The third-order valence-electron chi connectivity index (χ3n) is 5.12. The van der Waals surface area contributed by atoms with E-state index >= 15 is 0 Å². The highest BCUT2D eigenvalue weighted by Gasteiger charge is 2.36. The third-order valence-corrected chi connectivity index (χ3v) is 5.12. The zero-order valence-electron chi connectivity index (χ0n) is 16.1. The van der Waals surface area contributed by atoms with Gasteiger partial charge in [0.1, 0.15) is 24.9 Å². The van der Waals surface area contributed by atoms with Crippen LogP contribution < -0.4 is 26.4 Å². The molecule has 3 heterocycles. The molecule has 160 valence electrons. The molecule has 1 unspecified atom stereocenters. The standard InChI is InChI=1S/C19H18F3N9/c20-19(21,22)11-3-13(5-14(4-11)30-9-25-26-10-30)28-17-6-16(27-12-1-2-12)18-24-8-15(7-23)31(18)29-17/h3-6,8-9,12,18,24,26-27H,1-2,10H2,(H,28,29). The Morgan fingerprint density at radius 3 is 2.77 bits per heavy atom. The van der Waals surface area contributed by atoms with Gasteiger partial charge in [0.2, 0.25) is 0 Å². The molecule has 1 aliphatic carbocycles. The summed E-state index contributed by atoms with van der Waals surface area (Å²) in [5.41, 5.74) is 6.50. The van der Waals surface area contributed by atoms with Crippen LogP contribution in [0.5, 0.6) is 0 Å². The van der Waals surface area contributed by atoms with Crippen LogP contribution in [0.2, 0.25) is 0 Å². The molecule has 1 fully saturated rings. The first-order chi connectivity index (χ1) is 14.9. The van der Waals surface area contributed by atoms with Gasteiger partial charge in [-0.3, -0.25) is 10.9 Å². The molecule has 1 saturated carbocycles. The van der Waals surface area contributed by atoms with E-state index in [0.717, 1.165) is 30.7 Å². The minimum Gasteiger partial charge on any atom is -0.382 e. The Hall–Kier alpha value is -3.88. The largest absolute Gasteiger partial charge is 0.416 e. The van der Waals surface area contributed by atoms with Crippen LogP contribution in [0.4, 0.5) is 24.5 Å². The number of rotatable bonds is 4. The lowest BCUT2D eigenvalue weighted by Crippen LogP contribution is -2.55. The van der Waals surface area contributed by atoms with Gasteiger partial charge in [0.05, 0.1) is 16.9 Å². The summed E-state index contributed by atoms with van der Waals surface area (Å²) in [6.07, 6.45) is 2.02. The molecular formula is C19H18F3N9. The molecule has 4 aliphatic rings. The highest BCUT2D eigenvalue weighted by molar-refractivity contribution is 5.96. The van der Waals surface area contributed by atoms with Gasteiger partial charge in [0.25, 0.3) is 0 Å². The zero-order valence-corrected chi connectivity index (χ0v) is 16.1. The quantitative estimate of drug-likeness (QED) is 0.579. The summed E-state index contributed by atoms with van der Waals surface area (Å²) in [7, 11) is 0. The number of amidine groups is 1. The number of anilines is 1. The topological polar surface area (TPSA) is 103 Å². The van der Waals surface area contributed by atoms with Gasteiger partial charge < -0.3 is 15.5 Å². The van der Waals surface area contributed by atoms with Crippen LogP contribution in [0.3, 0.4) is 0 Å². The lowest BCUT2D eigenvalue weighted by molar-refractivity contribution is -0.137. The summed E-state index contributed by atoms with van der Waals surface area (Å²) in [6.45, 7) is 0.266. The number of hydrogen-bond acceptors (Lipinski definition) is 8. The molecule has 1 aromatic rings. The maximum atomic E-state index is 13.5. The number of allylic oxidation sites excluding steroid dienone is 1. The van der Waals surface area contributed by atoms with Crippen molar-refractivity contribution in [2.45, 2.75) is 31.2 Å². The Balaban J connectivity index is 1.53. The third kappa shape index (κ3) is 3.81. The van der Waals surface area contributed by atoms with E-state index in [0.29, 0.717) is 23.3 Å². The smallest absolute Gasteiger partial charge is 0.382 e. The van der Waals surface area contributed by atoms with E-state index in [1.807, 2.05) is 0 Å². The molecule has 0 spiro atoms. The van der Waals surface area contributed by atoms with E-state index in [-0.39, 0.29) is 18.5 Å². The second-order valence-corrected chi connectivity index (χ2v) is 7.47. The second kappa shape index (κ2) is 7.12. The van der Waals surface area contributed by atoms with Crippen LogP contribution in [-0.4, -0.2) is 36.1 Å². The van der Waals surface area contributed by atoms with Gasteiger partial charge >= 0.3 is 6.18 Å². The maximum Gasteiger partial charge on any atom is 0.416 e. The molecule has 31 heavy (non-hydrogen) atoms. The summed E-state index contributed by atoms with van der Waals surface area (Å²) in [5, 5.41) is 21.3. The van der Waals surface area contributed by atoms with E-state index in [1.54, 1.807) is 28.3 Å². The first kappa shape index (κ1) is 19.1. The molecule has 0 saturated heterocycles. The van der Waals surface area contributed by atoms with Gasteiger partial charge in [0.15, 0.2) is 11.9 Å². The second-order valence-electron chi connectivity index (χ2n) is 7.47. The van der Waals surface area contributed by atoms with Crippen molar-refractivity contribution in [3.8, 4) is 6.07 Å². The lowest BCUT2D eigenvalue weighted by atomic mass is 10.1. The Bertz CT molecular complexity index is 1060. The summed E-state index contributed by atoms with van der Waals surface area (Å²) < 4.78 is 40.5. The van der Waals surface area contributed by atoms with Crippen molar-refractivity contribution in [3.63, 3.8) is 0 Å². The van der Waals surface area contributed by atoms with E-state index < -0.39 is 11.7 Å². The van der Waals surface area contributed by atoms with Crippen LogP contribution in [0, 0.1) is 11.3 Å². The number of hydrogen-bond donors (Lipinski definition) is 4. The van der Waals surface area contributed by atoms with Crippen molar-refractivity contribution < 1.29 is 13.2 Å². The fourth-order valence-corrected chi connectivity index (χ4v) is 3.46. The molecular weight excluding hydrogens is 411 g/mol. The Kier molecular flexibility index (Phi) is 4.39. The highest BCUT2D eigenvalue weighted by atomic mass is 19.4. The maximum absolute atomic E-state index is 13.5. The number of nitrogens with one attached hydrogen (secondary N) is 4. The molecule has 0 bridgehead atoms. The van der Waals surface area contributed by atoms with Crippen LogP contribution in [0.25, 0.3) is 0 Å². The number of alkyl halides is 3. The lowest BCUT2D eigenvalue weighted by Gasteiger charge is -2.34. The average molecular weight is 429 g/mol. The fraction of sp³-hybridized carbons (Fsp3) is 0.316. The number of benzene rings is 1. The summed E-state index contributed by atoms with van der Waals surface area (Å²) in [4.78, 5) is 5.98. The number of hydrazone groups is 1. The number of nitrogens with zero attached hydrogens (tertiary/aromatic N) is 5. The Labute approximate surface area is 175 Å². The van der Waals surface area contributed by atoms with Crippen LogP contribution in [-0.2, 0) is 6.18 Å². The van der Waals surface area contributed by atoms with Crippen LogP contribution in [0.1, 0.15) is 18.4 Å². The first-order valence-electron chi connectivity index (χ1n) is 9.65. The minimum atomic E-state index is -4.52. The monoisotopic (exact) mass is 429 g/mol. The van der Waals surface area contributed by atoms with Crippen molar-refractivity contribution in [2.75, 3.05) is 11.6 Å². The van der Waals surface area contributed by atoms with E-state index in [4.69, 9.17) is 0 Å². The Morgan fingerprint density at radius 2 is 2.10 bits per heavy atom. The van der Waals surface area contributed by atoms with E-state index in [9.17, 15) is 18.4 Å². The van der Waals surface area contributed by atoms with E-state index in [1.165, 1.54) is 6.34 Å². The van der Waals surface area contributed by atoms with Gasteiger partial charge in [-0.15, -0.1) is 0 Å². The molecule has 9 nitrogen and oxygen atoms in total. The summed E-state index contributed by atoms with van der Waals surface area (Å²) >= 11 is 0. The first-order valence-corrected chi connectivity index (χ1v) is 9.65. The van der Waals surface area contributed by atoms with Gasteiger partial charge in [-0.05, 0) is 31.0 Å². The van der Waals surface area contributed by atoms with Crippen molar-refractivity contribution in [1.29, 1.82) is 5.26 Å². The normalized spacial score (nSPS) is 23.4. The molecule has 0 aromatic heterocycles. The molecule has 3 aliphatic heterocycles. The Morgan fingerprint density at radius 1 is 1.26 bits per heavy atom. The summed E-state index contributed by atoms with van der Waals surface area (Å²) in [5.74, 6) is 0.322.